The third-order valence-corrected chi connectivity index (χ3v) is 3.14. The Morgan fingerprint density at radius 2 is 2.29 bits per heavy atom. The van der Waals surface area contributed by atoms with Crippen LogP contribution >= 0.6 is 15.9 Å². The lowest BCUT2D eigenvalue weighted by Crippen LogP contribution is -2.29. The molecule has 0 fully saturated rings. The van der Waals surface area contributed by atoms with Gasteiger partial charge in [-0.25, -0.2) is 0 Å². The summed E-state index contributed by atoms with van der Waals surface area (Å²) in [5.41, 5.74) is 2.18. The van der Waals surface area contributed by atoms with Gasteiger partial charge in [0.2, 0.25) is 5.91 Å². The number of nitrogens with one attached hydrogen (secondary N) is 1. The molecule has 1 N–H and O–H groups in total. The molecule has 0 aromatic heterocycles. The van der Waals surface area contributed by atoms with Crippen molar-refractivity contribution in [1.82, 2.24) is 5.32 Å². The van der Waals surface area contributed by atoms with Gasteiger partial charge in [0.25, 0.3) is 0 Å². The zero-order valence-corrected chi connectivity index (χ0v) is 11.5. The minimum atomic E-state index is -0.553. The van der Waals surface area contributed by atoms with Crippen molar-refractivity contribution in [2.24, 2.45) is 5.92 Å². The lowest BCUT2D eigenvalue weighted by atomic mass is 10.1. The van der Waals surface area contributed by atoms with E-state index in [2.05, 4.69) is 21.2 Å². The van der Waals surface area contributed by atoms with E-state index in [4.69, 9.17) is 5.26 Å². The lowest BCUT2D eigenvalue weighted by molar-refractivity contribution is -0.123. The van der Waals surface area contributed by atoms with Gasteiger partial charge in [-0.2, -0.15) is 5.26 Å². The number of carbonyl (C=O) groups excluding carboxylic acids is 1. The molecule has 90 valence electrons. The van der Waals surface area contributed by atoms with Crippen LogP contribution < -0.4 is 5.32 Å². The molecule has 0 bridgehead atoms. The number of rotatable bonds is 4. The number of nitrogens with zero attached hydrogens (tertiary/aromatic N) is 1. The summed E-state index contributed by atoms with van der Waals surface area (Å²) in [5.74, 6) is -0.753. The van der Waals surface area contributed by atoms with Gasteiger partial charge in [-0.05, 0) is 36.6 Å². The molecule has 1 atom stereocenters. The minimum absolute atomic E-state index is 0.200. The Balaban J connectivity index is 2.65. The molecule has 0 spiro atoms. The normalized spacial score (nSPS) is 11.6. The molecule has 4 heteroatoms. The second kappa shape index (κ2) is 6.41. The predicted octanol–water partition coefficient (Wildman–Crippen LogP) is 2.92. The van der Waals surface area contributed by atoms with Crippen molar-refractivity contribution in [2.45, 2.75) is 26.8 Å². The van der Waals surface area contributed by atoms with Crippen molar-refractivity contribution in [3.63, 3.8) is 0 Å². The largest absolute Gasteiger partial charge is 0.351 e. The van der Waals surface area contributed by atoms with Gasteiger partial charge in [-0.1, -0.05) is 28.9 Å². The molecule has 0 saturated carbocycles. The van der Waals surface area contributed by atoms with Gasteiger partial charge in [0.1, 0.15) is 5.92 Å². The molecule has 1 unspecified atom stereocenters. The van der Waals surface area contributed by atoms with E-state index < -0.39 is 5.92 Å². The van der Waals surface area contributed by atoms with Crippen LogP contribution in [0.4, 0.5) is 0 Å². The highest BCUT2D eigenvalue weighted by Gasteiger charge is 2.14. The van der Waals surface area contributed by atoms with E-state index in [9.17, 15) is 4.79 Å². The summed E-state index contributed by atoms with van der Waals surface area (Å²) in [4.78, 5) is 11.6. The number of amides is 1. The molecule has 0 heterocycles. The number of halogens is 1. The number of benzene rings is 1. The zero-order valence-electron chi connectivity index (χ0n) is 9.96. The molecule has 0 radical (unpaired) electrons. The second-order valence-corrected chi connectivity index (χ2v) is 4.79. The molecule has 1 aromatic rings. The Hall–Kier alpha value is -1.34. The molecule has 0 aliphatic rings. The average Bonchev–Trinajstić information content (AvgIpc) is 2.32. The highest BCUT2D eigenvalue weighted by atomic mass is 79.9. The van der Waals surface area contributed by atoms with E-state index >= 15 is 0 Å². The zero-order chi connectivity index (χ0) is 12.8. The maximum atomic E-state index is 11.6. The third-order valence-electron chi connectivity index (χ3n) is 2.64. The van der Waals surface area contributed by atoms with Crippen LogP contribution in [0.1, 0.15) is 24.5 Å². The van der Waals surface area contributed by atoms with Gasteiger partial charge in [0.15, 0.2) is 0 Å². The average molecular weight is 295 g/mol. The lowest BCUT2D eigenvalue weighted by Gasteiger charge is -2.10. The Bertz CT molecular complexity index is 451. The van der Waals surface area contributed by atoms with Crippen LogP contribution in [0.5, 0.6) is 0 Å². The third kappa shape index (κ3) is 3.86. The Labute approximate surface area is 110 Å². The van der Waals surface area contributed by atoms with Crippen LogP contribution in [0, 0.1) is 24.2 Å². The van der Waals surface area contributed by atoms with Gasteiger partial charge in [0, 0.05) is 11.0 Å². The summed E-state index contributed by atoms with van der Waals surface area (Å²) in [6, 6.07) is 7.92. The summed E-state index contributed by atoms with van der Waals surface area (Å²) in [6.07, 6.45) is 0.541. The summed E-state index contributed by atoms with van der Waals surface area (Å²) in [6.45, 7) is 4.29. The first-order valence-corrected chi connectivity index (χ1v) is 6.30. The van der Waals surface area contributed by atoms with E-state index in [1.165, 1.54) is 0 Å². The standard InChI is InChI=1S/C13H15BrN2O/c1-3-10(7-15)13(17)16-8-11-6-12(14)5-4-9(11)2/h4-6,10H,3,8H2,1-2H3,(H,16,17). The van der Waals surface area contributed by atoms with E-state index in [1.807, 2.05) is 38.1 Å². The van der Waals surface area contributed by atoms with E-state index in [1.54, 1.807) is 0 Å². The van der Waals surface area contributed by atoms with Crippen molar-refractivity contribution in [3.05, 3.63) is 33.8 Å². The maximum Gasteiger partial charge on any atom is 0.237 e. The van der Waals surface area contributed by atoms with Crippen LogP contribution in [0.15, 0.2) is 22.7 Å². The first kappa shape index (κ1) is 13.7. The predicted molar refractivity (Wildman–Crippen MR) is 70.1 cm³/mol. The first-order valence-electron chi connectivity index (χ1n) is 5.50. The van der Waals surface area contributed by atoms with Gasteiger partial charge in [0.05, 0.1) is 6.07 Å². The maximum absolute atomic E-state index is 11.6. The van der Waals surface area contributed by atoms with Crippen LogP contribution in [-0.4, -0.2) is 5.91 Å². The summed E-state index contributed by atoms with van der Waals surface area (Å²) >= 11 is 3.39. The van der Waals surface area contributed by atoms with Crippen LogP contribution in [0.3, 0.4) is 0 Å². The Kier molecular flexibility index (Phi) is 5.17. The van der Waals surface area contributed by atoms with Gasteiger partial charge < -0.3 is 5.32 Å². The summed E-state index contributed by atoms with van der Waals surface area (Å²) < 4.78 is 0.986. The molecule has 1 amide bonds. The van der Waals surface area contributed by atoms with Crippen molar-refractivity contribution < 1.29 is 4.79 Å². The number of hydrogen-bond acceptors (Lipinski definition) is 2. The van der Waals surface area contributed by atoms with E-state index in [0.29, 0.717) is 13.0 Å². The fourth-order valence-corrected chi connectivity index (χ4v) is 1.88. The van der Waals surface area contributed by atoms with Gasteiger partial charge >= 0.3 is 0 Å². The highest BCUT2D eigenvalue weighted by molar-refractivity contribution is 9.10. The minimum Gasteiger partial charge on any atom is -0.351 e. The molecule has 0 saturated heterocycles. The fraction of sp³-hybridized carbons (Fsp3) is 0.385. The van der Waals surface area contributed by atoms with Crippen LogP contribution in [0.25, 0.3) is 0 Å². The number of aryl methyl sites for hydroxylation is 1. The molecule has 1 aromatic carbocycles. The van der Waals surface area contributed by atoms with Crippen LogP contribution in [0.2, 0.25) is 0 Å². The highest BCUT2D eigenvalue weighted by Crippen LogP contribution is 2.16. The Morgan fingerprint density at radius 1 is 1.59 bits per heavy atom. The van der Waals surface area contributed by atoms with Crippen LogP contribution in [-0.2, 0) is 11.3 Å². The number of hydrogen-bond donors (Lipinski definition) is 1. The topological polar surface area (TPSA) is 52.9 Å². The fourth-order valence-electron chi connectivity index (χ4n) is 1.47. The van der Waals surface area contributed by atoms with Crippen molar-refractivity contribution in [1.29, 1.82) is 5.26 Å². The first-order chi connectivity index (χ1) is 8.08. The smallest absolute Gasteiger partial charge is 0.237 e. The molecule has 1 rings (SSSR count). The van der Waals surface area contributed by atoms with Gasteiger partial charge in [-0.15, -0.1) is 0 Å². The molecular formula is C13H15BrN2O. The molecule has 3 nitrogen and oxygen atoms in total. The van der Waals surface area contributed by atoms with E-state index in [0.717, 1.165) is 15.6 Å². The van der Waals surface area contributed by atoms with Gasteiger partial charge in [-0.3, -0.25) is 4.79 Å². The van der Waals surface area contributed by atoms with E-state index in [-0.39, 0.29) is 5.91 Å². The molecule has 0 aliphatic carbocycles. The summed E-state index contributed by atoms with van der Waals surface area (Å²) in [7, 11) is 0. The van der Waals surface area contributed by atoms with Crippen molar-refractivity contribution >= 4 is 21.8 Å². The van der Waals surface area contributed by atoms with Crippen molar-refractivity contribution in [3.8, 4) is 6.07 Å². The molecular weight excluding hydrogens is 280 g/mol. The second-order valence-electron chi connectivity index (χ2n) is 3.88. The molecule has 0 aliphatic heterocycles. The monoisotopic (exact) mass is 294 g/mol. The SMILES string of the molecule is CCC(C#N)C(=O)NCc1cc(Br)ccc1C. The summed E-state index contributed by atoms with van der Waals surface area (Å²) in [5, 5.41) is 11.6. The number of carbonyl (C=O) groups is 1. The number of nitriles is 1. The quantitative estimate of drug-likeness (QED) is 0.928. The molecule has 17 heavy (non-hydrogen) atoms. The Morgan fingerprint density at radius 3 is 2.88 bits per heavy atom. The van der Waals surface area contributed by atoms with Crippen molar-refractivity contribution in [2.75, 3.05) is 0 Å².